The minimum absolute atomic E-state index is 0.0292. The number of hydrogen-bond donors (Lipinski definition) is 2. The molecule has 6 rings (SSSR count). The molecule has 1 fully saturated rings. The maximum atomic E-state index is 13.0. The molecule has 2 N–H and O–H groups in total. The van der Waals surface area contributed by atoms with Crippen molar-refractivity contribution in [2.75, 3.05) is 31.6 Å². The number of carbonyl (C=O) groups is 1. The van der Waals surface area contributed by atoms with Crippen molar-refractivity contribution in [3.8, 4) is 5.75 Å². The van der Waals surface area contributed by atoms with Crippen LogP contribution in [0.2, 0.25) is 0 Å². The Morgan fingerprint density at radius 1 is 1.11 bits per heavy atom. The minimum Gasteiger partial charge on any atom is -0.480 e. The van der Waals surface area contributed by atoms with Crippen LogP contribution in [-0.2, 0) is 17.9 Å². The van der Waals surface area contributed by atoms with Gasteiger partial charge < -0.3 is 29.4 Å². The number of nitrogens with zero attached hydrogens (tertiary/aromatic N) is 5. The average Bonchev–Trinajstić information content (AvgIpc) is 3.38. The quantitative estimate of drug-likeness (QED) is 0.427. The number of fused-ring (bicyclic) bond motifs is 4. The predicted molar refractivity (Wildman–Crippen MR) is 128 cm³/mol. The van der Waals surface area contributed by atoms with Crippen molar-refractivity contribution < 1.29 is 14.1 Å². The summed E-state index contributed by atoms with van der Waals surface area (Å²) in [5.41, 5.74) is 2.56. The Morgan fingerprint density at radius 2 is 2.00 bits per heavy atom. The first-order valence-electron chi connectivity index (χ1n) is 11.8. The smallest absolute Gasteiger partial charge is 0.281 e. The molecule has 1 amide bonds. The summed E-state index contributed by atoms with van der Waals surface area (Å²) in [7, 11) is 0. The zero-order valence-corrected chi connectivity index (χ0v) is 19.1. The molecule has 0 unspecified atom stereocenters. The van der Waals surface area contributed by atoms with Gasteiger partial charge in [0, 0.05) is 31.9 Å². The van der Waals surface area contributed by atoms with Gasteiger partial charge in [-0.25, -0.2) is 4.98 Å². The van der Waals surface area contributed by atoms with E-state index in [2.05, 4.69) is 30.7 Å². The molecule has 0 radical (unpaired) electrons. The molecule has 6 heterocycles. The number of likely N-dealkylation sites (tertiary alicyclic amines) is 1. The van der Waals surface area contributed by atoms with Gasteiger partial charge in [-0.3, -0.25) is 14.6 Å². The van der Waals surface area contributed by atoms with Crippen molar-refractivity contribution in [1.29, 1.82) is 0 Å². The highest BCUT2D eigenvalue weighted by molar-refractivity contribution is 6.00. The molecule has 0 aromatic carbocycles. The van der Waals surface area contributed by atoms with Gasteiger partial charge in [0.15, 0.2) is 23.7 Å². The van der Waals surface area contributed by atoms with Gasteiger partial charge >= 0.3 is 0 Å². The summed E-state index contributed by atoms with van der Waals surface area (Å²) in [4.78, 5) is 35.8. The van der Waals surface area contributed by atoms with E-state index in [1.165, 1.54) is 6.26 Å². The summed E-state index contributed by atoms with van der Waals surface area (Å²) >= 11 is 0. The Kier molecular flexibility index (Phi) is 5.63. The van der Waals surface area contributed by atoms with Gasteiger partial charge in [0.1, 0.15) is 6.26 Å². The number of amides is 1. The van der Waals surface area contributed by atoms with Crippen LogP contribution in [0.25, 0.3) is 21.9 Å². The maximum Gasteiger partial charge on any atom is 0.281 e. The highest BCUT2D eigenvalue weighted by Gasteiger charge is 2.21. The summed E-state index contributed by atoms with van der Waals surface area (Å²) in [6, 6.07) is 7.90. The van der Waals surface area contributed by atoms with Gasteiger partial charge in [-0.15, -0.1) is 0 Å². The van der Waals surface area contributed by atoms with Crippen LogP contribution in [0.15, 0.2) is 46.0 Å². The Balaban J connectivity index is 1.05. The lowest BCUT2D eigenvalue weighted by molar-refractivity contribution is -0.118. The van der Waals surface area contributed by atoms with E-state index >= 15 is 0 Å². The fourth-order valence-electron chi connectivity index (χ4n) is 4.79. The molecule has 2 aliphatic rings. The maximum absolute atomic E-state index is 13.0. The van der Waals surface area contributed by atoms with Crippen LogP contribution in [0.4, 0.5) is 5.82 Å². The van der Waals surface area contributed by atoms with Gasteiger partial charge in [0.2, 0.25) is 0 Å². The number of ether oxygens (including phenoxy) is 1. The molecule has 11 nitrogen and oxygen atoms in total. The molecule has 0 bridgehead atoms. The fourth-order valence-corrected chi connectivity index (χ4v) is 4.79. The average molecular weight is 476 g/mol. The van der Waals surface area contributed by atoms with E-state index in [0.717, 1.165) is 49.2 Å². The summed E-state index contributed by atoms with van der Waals surface area (Å²) in [6.07, 6.45) is 5.21. The van der Waals surface area contributed by atoms with E-state index in [1.54, 1.807) is 10.8 Å². The number of hydrogen-bond acceptors (Lipinski definition) is 9. The second-order valence-electron chi connectivity index (χ2n) is 8.89. The van der Waals surface area contributed by atoms with E-state index in [-0.39, 0.29) is 18.1 Å². The zero-order valence-electron chi connectivity index (χ0n) is 19.1. The number of piperidine rings is 1. The highest BCUT2D eigenvalue weighted by atomic mass is 16.5. The number of aromatic nitrogens is 4. The van der Waals surface area contributed by atoms with Gasteiger partial charge in [0.05, 0.1) is 22.1 Å². The molecule has 4 aromatic heterocycles. The Labute approximate surface area is 200 Å². The van der Waals surface area contributed by atoms with Gasteiger partial charge in [-0.1, -0.05) is 5.16 Å². The third-order valence-corrected chi connectivity index (χ3v) is 6.68. The molecule has 0 atom stereocenters. The standard InChI is InChI=1S/C24H25N7O4/c32-20-14-34-19-4-3-16(27-23(19)28-20)12-26-15-5-8-30(9-6-15)10-11-31-18-2-1-7-25-21(18)17-13-35-29-22(17)24(31)33/h1-4,7,13,15,26H,5-6,8-12,14H2,(H,27,28,32). The molecule has 35 heavy (non-hydrogen) atoms. The van der Waals surface area contributed by atoms with E-state index in [9.17, 15) is 9.59 Å². The van der Waals surface area contributed by atoms with E-state index in [4.69, 9.17) is 9.26 Å². The van der Waals surface area contributed by atoms with Crippen LogP contribution >= 0.6 is 0 Å². The highest BCUT2D eigenvalue weighted by Crippen LogP contribution is 2.25. The fraction of sp³-hybridized carbons (Fsp3) is 0.375. The van der Waals surface area contributed by atoms with Crippen molar-refractivity contribution in [1.82, 2.24) is 29.9 Å². The van der Waals surface area contributed by atoms with Gasteiger partial charge in [-0.05, 0) is 50.2 Å². The predicted octanol–water partition coefficient (Wildman–Crippen LogP) is 1.52. The van der Waals surface area contributed by atoms with Crippen LogP contribution < -0.4 is 20.9 Å². The van der Waals surface area contributed by atoms with Crippen LogP contribution in [-0.4, -0.2) is 62.8 Å². The van der Waals surface area contributed by atoms with Crippen molar-refractivity contribution in [3.05, 3.63) is 52.8 Å². The third kappa shape index (κ3) is 4.24. The molecule has 0 spiro atoms. The van der Waals surface area contributed by atoms with Gasteiger partial charge in [-0.2, -0.15) is 0 Å². The lowest BCUT2D eigenvalue weighted by Crippen LogP contribution is -2.43. The number of rotatable bonds is 6. The molecule has 0 saturated carbocycles. The first kappa shape index (κ1) is 21.7. The SMILES string of the molecule is O=C1COc2ccc(CNC3CCN(CCn4c(=O)c5nocc5c5ncccc54)CC3)nc2N1. The third-order valence-electron chi connectivity index (χ3n) is 6.68. The minimum atomic E-state index is -0.185. The Bertz CT molecular complexity index is 1460. The lowest BCUT2D eigenvalue weighted by atomic mass is 10.0. The molecule has 11 heteroatoms. The molecule has 2 aliphatic heterocycles. The monoisotopic (exact) mass is 475 g/mol. The number of nitrogens with one attached hydrogen (secondary N) is 2. The Morgan fingerprint density at radius 3 is 2.89 bits per heavy atom. The normalized spacial score (nSPS) is 16.9. The molecule has 180 valence electrons. The van der Waals surface area contributed by atoms with Crippen LogP contribution in [0.1, 0.15) is 18.5 Å². The first-order chi connectivity index (χ1) is 17.2. The summed E-state index contributed by atoms with van der Waals surface area (Å²) < 4.78 is 12.2. The topological polar surface area (TPSA) is 127 Å². The summed E-state index contributed by atoms with van der Waals surface area (Å²) in [5, 5.41) is 10.9. The van der Waals surface area contributed by atoms with E-state index in [1.807, 2.05) is 24.3 Å². The second kappa shape index (κ2) is 9.08. The van der Waals surface area contributed by atoms with E-state index in [0.29, 0.717) is 41.6 Å². The van der Waals surface area contributed by atoms with Gasteiger partial charge in [0.25, 0.3) is 11.5 Å². The van der Waals surface area contributed by atoms with Crippen molar-refractivity contribution in [3.63, 3.8) is 0 Å². The second-order valence-corrected chi connectivity index (χ2v) is 8.89. The van der Waals surface area contributed by atoms with Crippen molar-refractivity contribution in [2.45, 2.75) is 32.0 Å². The van der Waals surface area contributed by atoms with Crippen LogP contribution in [0.5, 0.6) is 5.75 Å². The molecule has 0 aliphatic carbocycles. The zero-order chi connectivity index (χ0) is 23.8. The summed E-state index contributed by atoms with van der Waals surface area (Å²) in [6.45, 7) is 3.87. The van der Waals surface area contributed by atoms with Crippen LogP contribution in [0.3, 0.4) is 0 Å². The number of anilines is 1. The molecule has 4 aromatic rings. The molecular formula is C24H25N7O4. The number of pyridine rings is 3. The van der Waals surface area contributed by atoms with Crippen molar-refractivity contribution >= 4 is 33.7 Å². The number of carbonyl (C=O) groups excluding carboxylic acids is 1. The van der Waals surface area contributed by atoms with Crippen molar-refractivity contribution in [2.24, 2.45) is 0 Å². The molecular weight excluding hydrogens is 450 g/mol. The lowest BCUT2D eigenvalue weighted by Gasteiger charge is -2.32. The largest absolute Gasteiger partial charge is 0.480 e. The summed E-state index contributed by atoms with van der Waals surface area (Å²) in [5.74, 6) is 0.902. The van der Waals surface area contributed by atoms with E-state index < -0.39 is 0 Å². The van der Waals surface area contributed by atoms with Crippen LogP contribution in [0, 0.1) is 0 Å². The first-order valence-corrected chi connectivity index (χ1v) is 11.8. The Hall–Kier alpha value is -3.83. The molecule has 1 saturated heterocycles.